The SMILES string of the molecule is c1ccc(-c2ccc(N(c3ccc(-c4c5c(cc6c4oc4ccccc46)OC(c4ccccc4)N5)cc3)c3ccc(-c4ccccc4)c4ccccc34)cc2)cc1. The summed E-state index contributed by atoms with van der Waals surface area (Å²) in [5.74, 6) is 0.812. The number of benzene rings is 9. The van der Waals surface area contributed by atoms with Gasteiger partial charge in [0.25, 0.3) is 0 Å². The maximum atomic E-state index is 6.66. The minimum Gasteiger partial charge on any atom is -0.464 e. The van der Waals surface area contributed by atoms with Gasteiger partial charge in [0.2, 0.25) is 0 Å². The number of hydrogen-bond acceptors (Lipinski definition) is 4. The quantitative estimate of drug-likeness (QED) is 0.177. The van der Waals surface area contributed by atoms with E-state index in [2.05, 4.69) is 186 Å². The normalized spacial score (nSPS) is 13.4. The van der Waals surface area contributed by atoms with Crippen LogP contribution in [0.2, 0.25) is 0 Å². The van der Waals surface area contributed by atoms with E-state index < -0.39 is 0 Å². The van der Waals surface area contributed by atoms with E-state index in [4.69, 9.17) is 9.15 Å². The van der Waals surface area contributed by atoms with Crippen LogP contribution in [0, 0.1) is 0 Å². The van der Waals surface area contributed by atoms with Gasteiger partial charge in [-0.1, -0.05) is 164 Å². The van der Waals surface area contributed by atoms with E-state index in [1.165, 1.54) is 33.0 Å². The highest BCUT2D eigenvalue weighted by atomic mass is 16.5. The molecule has 1 aromatic heterocycles. The molecule has 10 aromatic rings. The number of furan rings is 1. The number of nitrogens with one attached hydrogen (secondary N) is 1. The van der Waals surface area contributed by atoms with Gasteiger partial charge in [0.15, 0.2) is 6.23 Å². The second kappa shape index (κ2) is 13.6. The molecule has 1 unspecified atom stereocenters. The van der Waals surface area contributed by atoms with Gasteiger partial charge in [-0.2, -0.15) is 0 Å². The molecule has 4 heteroatoms. The zero-order valence-electron chi connectivity index (χ0n) is 31.0. The van der Waals surface area contributed by atoms with Crippen molar-refractivity contribution in [2.75, 3.05) is 10.2 Å². The van der Waals surface area contributed by atoms with Crippen molar-refractivity contribution < 1.29 is 9.15 Å². The average Bonchev–Trinajstić information content (AvgIpc) is 3.89. The Balaban J connectivity index is 1.07. The van der Waals surface area contributed by atoms with Crippen LogP contribution in [0.5, 0.6) is 5.75 Å². The molecule has 1 N–H and O–H groups in total. The summed E-state index contributed by atoms with van der Waals surface area (Å²) in [5.41, 5.74) is 13.7. The minimum atomic E-state index is -0.307. The summed E-state index contributed by atoms with van der Waals surface area (Å²) in [7, 11) is 0. The van der Waals surface area contributed by atoms with E-state index in [9.17, 15) is 0 Å². The number of anilines is 4. The first-order valence-electron chi connectivity index (χ1n) is 19.4. The summed E-state index contributed by atoms with van der Waals surface area (Å²) in [4.78, 5) is 2.37. The molecule has 9 aromatic carbocycles. The average molecular weight is 733 g/mol. The van der Waals surface area contributed by atoms with Gasteiger partial charge >= 0.3 is 0 Å². The highest BCUT2D eigenvalue weighted by Crippen LogP contribution is 2.51. The largest absolute Gasteiger partial charge is 0.464 e. The summed E-state index contributed by atoms with van der Waals surface area (Å²) < 4.78 is 13.3. The third kappa shape index (κ3) is 5.70. The molecule has 11 rings (SSSR count). The fraction of sp³-hybridized carbons (Fsp3) is 0.0189. The summed E-state index contributed by atoms with van der Waals surface area (Å²) in [5, 5.41) is 8.18. The van der Waals surface area contributed by atoms with E-state index in [1.54, 1.807) is 0 Å². The molecule has 1 aliphatic heterocycles. The molecule has 270 valence electrons. The number of nitrogens with zero attached hydrogens (tertiary/aromatic N) is 1. The molecule has 57 heavy (non-hydrogen) atoms. The van der Waals surface area contributed by atoms with Gasteiger partial charge in [-0.3, -0.25) is 0 Å². The minimum absolute atomic E-state index is 0.307. The molecule has 2 heterocycles. The lowest BCUT2D eigenvalue weighted by molar-refractivity contribution is 0.260. The van der Waals surface area contributed by atoms with E-state index in [0.717, 1.165) is 67.1 Å². The number of rotatable bonds is 7. The predicted octanol–water partition coefficient (Wildman–Crippen LogP) is 14.7. The fourth-order valence-corrected chi connectivity index (χ4v) is 8.40. The molecule has 1 aliphatic rings. The number of para-hydroxylation sites is 1. The Bertz CT molecular complexity index is 3050. The van der Waals surface area contributed by atoms with E-state index >= 15 is 0 Å². The Morgan fingerprint density at radius 2 is 1.00 bits per heavy atom. The van der Waals surface area contributed by atoms with Crippen LogP contribution in [0.25, 0.3) is 66.1 Å². The van der Waals surface area contributed by atoms with Crippen molar-refractivity contribution in [3.63, 3.8) is 0 Å². The topological polar surface area (TPSA) is 37.6 Å². The summed E-state index contributed by atoms with van der Waals surface area (Å²) in [6.07, 6.45) is -0.307. The van der Waals surface area contributed by atoms with Gasteiger partial charge in [-0.15, -0.1) is 0 Å². The molecular formula is C53H36N2O2. The molecule has 0 radical (unpaired) electrons. The Kier molecular flexibility index (Phi) is 7.85. The Morgan fingerprint density at radius 1 is 0.439 bits per heavy atom. The lowest BCUT2D eigenvalue weighted by atomic mass is 9.96. The van der Waals surface area contributed by atoms with Gasteiger partial charge in [0.05, 0.1) is 16.9 Å². The molecular weight excluding hydrogens is 697 g/mol. The van der Waals surface area contributed by atoms with Crippen LogP contribution >= 0.6 is 0 Å². The Morgan fingerprint density at radius 3 is 1.70 bits per heavy atom. The van der Waals surface area contributed by atoms with Crippen molar-refractivity contribution in [2.24, 2.45) is 0 Å². The highest BCUT2D eigenvalue weighted by Gasteiger charge is 2.30. The van der Waals surface area contributed by atoms with Gasteiger partial charge in [0.1, 0.15) is 16.9 Å². The molecule has 0 bridgehead atoms. The third-order valence-electron chi connectivity index (χ3n) is 11.1. The molecule has 1 atom stereocenters. The summed E-state index contributed by atoms with van der Waals surface area (Å²) in [6, 6.07) is 72.8. The monoisotopic (exact) mass is 732 g/mol. The third-order valence-corrected chi connectivity index (χ3v) is 11.1. The summed E-state index contributed by atoms with van der Waals surface area (Å²) >= 11 is 0. The van der Waals surface area contributed by atoms with Crippen molar-refractivity contribution >= 4 is 55.5 Å². The lowest BCUT2D eigenvalue weighted by Crippen LogP contribution is -2.11. The maximum absolute atomic E-state index is 6.66. The van der Waals surface area contributed by atoms with Crippen LogP contribution < -0.4 is 15.0 Å². The Hall–Kier alpha value is -7.56. The molecule has 0 amide bonds. The summed E-state index contributed by atoms with van der Waals surface area (Å²) in [6.45, 7) is 0. The van der Waals surface area contributed by atoms with Crippen molar-refractivity contribution in [1.82, 2.24) is 0 Å². The highest BCUT2D eigenvalue weighted by molar-refractivity contribution is 6.14. The first-order valence-corrected chi connectivity index (χ1v) is 19.4. The van der Waals surface area contributed by atoms with Crippen molar-refractivity contribution in [3.05, 3.63) is 212 Å². The fourth-order valence-electron chi connectivity index (χ4n) is 8.40. The molecule has 0 fully saturated rings. The van der Waals surface area contributed by atoms with Gasteiger partial charge in [0, 0.05) is 33.1 Å². The van der Waals surface area contributed by atoms with Gasteiger partial charge < -0.3 is 19.4 Å². The van der Waals surface area contributed by atoms with Crippen molar-refractivity contribution in [3.8, 4) is 39.1 Å². The van der Waals surface area contributed by atoms with Crippen molar-refractivity contribution in [2.45, 2.75) is 6.23 Å². The van der Waals surface area contributed by atoms with E-state index in [1.807, 2.05) is 30.3 Å². The van der Waals surface area contributed by atoms with Crippen LogP contribution in [-0.4, -0.2) is 0 Å². The molecule has 4 nitrogen and oxygen atoms in total. The van der Waals surface area contributed by atoms with E-state index in [-0.39, 0.29) is 6.23 Å². The van der Waals surface area contributed by atoms with Crippen LogP contribution in [-0.2, 0) is 0 Å². The van der Waals surface area contributed by atoms with Gasteiger partial charge in [-0.05, 0) is 75.7 Å². The van der Waals surface area contributed by atoms with Crippen LogP contribution in [0.1, 0.15) is 11.8 Å². The Labute approximate surface area is 330 Å². The van der Waals surface area contributed by atoms with E-state index in [0.29, 0.717) is 0 Å². The molecule has 0 saturated heterocycles. The second-order valence-electron chi connectivity index (χ2n) is 14.5. The van der Waals surface area contributed by atoms with Crippen molar-refractivity contribution in [1.29, 1.82) is 0 Å². The van der Waals surface area contributed by atoms with Gasteiger partial charge in [-0.25, -0.2) is 0 Å². The number of ether oxygens (including phenoxy) is 1. The predicted molar refractivity (Wildman–Crippen MR) is 236 cm³/mol. The molecule has 0 aliphatic carbocycles. The zero-order valence-corrected chi connectivity index (χ0v) is 31.0. The second-order valence-corrected chi connectivity index (χ2v) is 14.5. The maximum Gasteiger partial charge on any atom is 0.196 e. The number of fused-ring (bicyclic) bond motifs is 5. The number of hydrogen-bond donors (Lipinski definition) is 1. The van der Waals surface area contributed by atoms with Crippen LogP contribution in [0.4, 0.5) is 22.7 Å². The zero-order chi connectivity index (χ0) is 37.7. The van der Waals surface area contributed by atoms with Crippen LogP contribution in [0.15, 0.2) is 211 Å². The smallest absolute Gasteiger partial charge is 0.196 e. The van der Waals surface area contributed by atoms with Crippen LogP contribution in [0.3, 0.4) is 0 Å². The standard InChI is InChI=1S/C53H36N2O2/c1-4-14-35(15-5-1)36-24-28-40(29-25-36)55(47-33-32-42(37-16-6-2-7-17-37)43-20-10-11-21-44(43)47)41-30-26-38(27-31-41)50-51-49(57-53(54-51)39-18-8-3-9-19-39)34-46-45-22-12-13-23-48(45)56-52(46)50/h1-34,53-54H. The first-order chi connectivity index (χ1) is 28.3. The molecule has 0 spiro atoms. The molecule has 0 saturated carbocycles. The first kappa shape index (κ1) is 32.8. The lowest BCUT2D eigenvalue weighted by Gasteiger charge is -2.28.